The molecule has 5 heterocycles. The van der Waals surface area contributed by atoms with Crippen LogP contribution in [0.25, 0.3) is 0 Å². The zero-order valence-corrected chi connectivity index (χ0v) is 44.4. The second-order valence-electron chi connectivity index (χ2n) is 21.7. The predicted molar refractivity (Wildman–Crippen MR) is 263 cm³/mol. The van der Waals surface area contributed by atoms with Crippen LogP contribution in [-0.2, 0) is 47.5 Å². The lowest BCUT2D eigenvalue weighted by molar-refractivity contribution is -0.345. The molecule has 8 N–H and O–H groups in total. The van der Waals surface area contributed by atoms with Gasteiger partial charge in [0.2, 0.25) is 0 Å². The van der Waals surface area contributed by atoms with Crippen LogP contribution in [-0.4, -0.2) is 162 Å². The number of cyclic esters (lactones) is 2. The molecule has 5 aliphatic rings. The van der Waals surface area contributed by atoms with Crippen LogP contribution < -0.4 is 0 Å². The van der Waals surface area contributed by atoms with E-state index in [1.807, 2.05) is 27.7 Å². The van der Waals surface area contributed by atoms with E-state index < -0.39 is 157 Å². The molecule has 5 aliphatic heterocycles. The number of ether oxygens (including phenoxy) is 8. The zero-order chi connectivity index (χ0) is 53.6. The third-order valence-electron chi connectivity index (χ3n) is 16.5. The largest absolute Gasteiger partial charge is 0.458 e. The Bertz CT molecular complexity index is 1710. The first-order valence-electron chi connectivity index (χ1n) is 26.4. The Balaban J connectivity index is 1.28. The Morgan fingerprint density at radius 2 is 0.931 bits per heavy atom. The molecule has 0 bridgehead atoms. The van der Waals surface area contributed by atoms with Crippen molar-refractivity contribution in [2.75, 3.05) is 0 Å². The molecule has 0 aromatic heterocycles. The van der Waals surface area contributed by atoms with Crippen molar-refractivity contribution in [3.05, 3.63) is 48.6 Å². The summed E-state index contributed by atoms with van der Waals surface area (Å²) in [4.78, 5) is 27.0. The average Bonchev–Trinajstić information content (AvgIpc) is 3.31. The van der Waals surface area contributed by atoms with Crippen LogP contribution in [0.2, 0.25) is 0 Å². The number of carbonyl (C=O) groups excluding carboxylic acids is 2. The van der Waals surface area contributed by atoms with Crippen molar-refractivity contribution in [3.63, 3.8) is 0 Å². The van der Waals surface area contributed by atoms with Gasteiger partial charge in [0.1, 0.15) is 24.4 Å². The predicted octanol–water partition coefficient (Wildman–Crippen LogP) is 4.12. The van der Waals surface area contributed by atoms with Crippen molar-refractivity contribution in [1.82, 2.24) is 0 Å². The van der Waals surface area contributed by atoms with E-state index in [4.69, 9.17) is 37.9 Å². The maximum absolute atomic E-state index is 13.5. The molecule has 4 saturated heterocycles. The zero-order valence-electron chi connectivity index (χ0n) is 44.4. The smallest absolute Gasteiger partial charge is 0.331 e. The molecule has 412 valence electrons. The van der Waals surface area contributed by atoms with Crippen molar-refractivity contribution < 1.29 is 88.3 Å². The second-order valence-corrected chi connectivity index (χ2v) is 21.7. The summed E-state index contributed by atoms with van der Waals surface area (Å²) >= 11 is 0. The first-order chi connectivity index (χ1) is 33.7. The minimum Gasteiger partial charge on any atom is -0.458 e. The lowest BCUT2D eigenvalue weighted by atomic mass is 9.76. The molecule has 26 atom stereocenters. The fourth-order valence-corrected chi connectivity index (χ4v) is 11.6. The third-order valence-corrected chi connectivity index (χ3v) is 16.5. The van der Waals surface area contributed by atoms with E-state index in [1.165, 1.54) is 24.3 Å². The van der Waals surface area contributed by atoms with Crippen LogP contribution in [0.1, 0.15) is 122 Å². The van der Waals surface area contributed by atoms with E-state index in [2.05, 4.69) is 0 Å². The average molecular weight is 1030 g/mol. The number of esters is 2. The first-order valence-corrected chi connectivity index (χ1v) is 26.4. The number of rotatable bonds is 14. The molecule has 0 aromatic carbocycles. The molecule has 0 spiro atoms. The molecular formula is C54H88O18. The van der Waals surface area contributed by atoms with Gasteiger partial charge in [0.05, 0.1) is 61.0 Å². The SMILES string of the molecule is CC[C@@H]1[C@@H](C)O[C@@](O)([C@@H](C)[C@H](O)[C@H](C)[C@H]2OC(=O)/C=C/C=C/[C@H](C)C([C@@H](C)[C@@H](O)[C@H](C)[C@@]3(O)C[C@@H](O[C@@H]4C[C@@H](O)[C@@H](O)[C@@H](C)O4)[C@H](CC)[C@@H](C)O3)OC(=O)/C=C/C=C/[C@@H]2C)C[C@H]1O[C@@H]1C[C@H](O)[C@H](O)[C@H](C)O1. The maximum Gasteiger partial charge on any atom is 0.331 e. The van der Waals surface area contributed by atoms with Crippen molar-refractivity contribution in [3.8, 4) is 0 Å². The molecule has 0 aliphatic carbocycles. The number of hydrogen-bond donors (Lipinski definition) is 8. The fraction of sp³-hybridized carbons (Fsp3) is 0.815. The first kappa shape index (κ1) is 60.2. The highest BCUT2D eigenvalue weighted by Gasteiger charge is 2.54. The van der Waals surface area contributed by atoms with Crippen LogP contribution in [0.3, 0.4) is 0 Å². The topological polar surface area (TPSA) is 270 Å². The molecule has 0 radical (unpaired) electrons. The van der Waals surface area contributed by atoms with Gasteiger partial charge in [-0.2, -0.15) is 0 Å². The molecule has 0 aromatic rings. The normalized spacial score (nSPS) is 46.1. The lowest BCUT2D eigenvalue weighted by Crippen LogP contribution is -2.59. The van der Waals surface area contributed by atoms with E-state index in [0.717, 1.165) is 0 Å². The summed E-state index contributed by atoms with van der Waals surface area (Å²) in [7, 11) is 0. The summed E-state index contributed by atoms with van der Waals surface area (Å²) in [5, 5.41) is 89.6. The van der Waals surface area contributed by atoms with Gasteiger partial charge in [-0.1, -0.05) is 91.8 Å². The molecule has 18 heteroatoms. The van der Waals surface area contributed by atoms with E-state index in [0.29, 0.717) is 12.8 Å². The van der Waals surface area contributed by atoms with Gasteiger partial charge in [-0.25, -0.2) is 9.59 Å². The molecule has 72 heavy (non-hydrogen) atoms. The summed E-state index contributed by atoms with van der Waals surface area (Å²) in [6.45, 7) is 21.3. The van der Waals surface area contributed by atoms with Crippen LogP contribution >= 0.6 is 0 Å². The molecule has 18 nitrogen and oxygen atoms in total. The number of aliphatic hydroxyl groups excluding tert-OH is 6. The molecule has 0 amide bonds. The second kappa shape index (κ2) is 25.9. The van der Waals surface area contributed by atoms with E-state index in [1.54, 1.807) is 79.7 Å². The Kier molecular flexibility index (Phi) is 21.7. The molecule has 5 rings (SSSR count). The van der Waals surface area contributed by atoms with Gasteiger partial charge in [-0.3, -0.25) is 0 Å². The van der Waals surface area contributed by atoms with Crippen LogP contribution in [0, 0.1) is 47.3 Å². The summed E-state index contributed by atoms with van der Waals surface area (Å²) in [5.74, 6) is -9.84. The summed E-state index contributed by atoms with van der Waals surface area (Å²) in [5.41, 5.74) is 0. The van der Waals surface area contributed by atoms with Gasteiger partial charge >= 0.3 is 11.9 Å². The highest BCUT2D eigenvalue weighted by Crippen LogP contribution is 2.45. The van der Waals surface area contributed by atoms with Crippen molar-refractivity contribution >= 4 is 11.9 Å². The van der Waals surface area contributed by atoms with Gasteiger partial charge in [-0.15, -0.1) is 0 Å². The Morgan fingerprint density at radius 3 is 1.25 bits per heavy atom. The van der Waals surface area contributed by atoms with E-state index in [-0.39, 0.29) is 37.5 Å². The third kappa shape index (κ3) is 14.4. The highest BCUT2D eigenvalue weighted by atomic mass is 16.7. The summed E-state index contributed by atoms with van der Waals surface area (Å²) in [6, 6.07) is 0. The molecule has 1 unspecified atom stereocenters. The Morgan fingerprint density at radius 1 is 0.583 bits per heavy atom. The van der Waals surface area contributed by atoms with Crippen LogP contribution in [0.15, 0.2) is 48.6 Å². The highest BCUT2D eigenvalue weighted by molar-refractivity contribution is 5.83. The molecule has 0 saturated carbocycles. The summed E-state index contributed by atoms with van der Waals surface area (Å²) < 4.78 is 49.1. The molecule has 4 fully saturated rings. The van der Waals surface area contributed by atoms with Gasteiger partial charge < -0.3 is 78.7 Å². The van der Waals surface area contributed by atoms with Gasteiger partial charge in [-0.05, 0) is 40.5 Å². The van der Waals surface area contributed by atoms with Gasteiger partial charge in [0.25, 0.3) is 0 Å². The monoisotopic (exact) mass is 1020 g/mol. The minimum absolute atomic E-state index is 0.0264. The van der Waals surface area contributed by atoms with Gasteiger partial charge in [0, 0.05) is 85.2 Å². The van der Waals surface area contributed by atoms with Crippen LogP contribution in [0.5, 0.6) is 0 Å². The number of carbonyl (C=O) groups is 2. The Labute approximate surface area is 426 Å². The van der Waals surface area contributed by atoms with Crippen molar-refractivity contribution in [2.24, 2.45) is 47.3 Å². The Hall–Kier alpha value is -2.66. The lowest BCUT2D eigenvalue weighted by Gasteiger charge is -2.50. The standard InChI is InChI=1S/C54H88O18/c1-13-37-33(9)71-53(63,25-41(37)67-45-23-39(55)49(61)35(11)65-45)31(7)47(59)29(5)51-27(3)19-15-17-22-44(58)70-52(28(4)20-16-18-21-43(57)69-51)30(6)48(60)32(8)54(64)26-42(38(14-2)34(10)72-54)68-46-24-40(56)50(62)36(12)66-46/h15-22,27-42,45-52,55-56,59-64H,13-14,23-26H2,1-12H3/b19-15+,20-16+,21-18+,22-17+/t27-,28-,29-,30-,31-,32-,33+,34+,35-,36+,37+,38+,39-,40+,41+,42+,45+,46+,47+,48+,49+,50-,51-,52?,53+,54+/m0/s1. The quantitative estimate of drug-likeness (QED) is 0.114. The number of aliphatic hydroxyl groups is 8. The van der Waals surface area contributed by atoms with Gasteiger partial charge in [0.15, 0.2) is 24.2 Å². The minimum atomic E-state index is -1.88. The summed E-state index contributed by atoms with van der Waals surface area (Å²) in [6.07, 6.45) is -0.317. The maximum atomic E-state index is 13.5. The van der Waals surface area contributed by atoms with E-state index >= 15 is 0 Å². The van der Waals surface area contributed by atoms with Crippen molar-refractivity contribution in [1.29, 1.82) is 0 Å². The van der Waals surface area contributed by atoms with E-state index in [9.17, 15) is 50.4 Å². The fourth-order valence-electron chi connectivity index (χ4n) is 11.6. The molecular weight excluding hydrogens is 937 g/mol. The van der Waals surface area contributed by atoms with Crippen molar-refractivity contribution in [2.45, 2.75) is 231 Å². The van der Waals surface area contributed by atoms with Crippen LogP contribution in [0.4, 0.5) is 0 Å². The number of allylic oxidation sites excluding steroid dienone is 4. The number of hydrogen-bond acceptors (Lipinski definition) is 18.